The van der Waals surface area contributed by atoms with Crippen LogP contribution in [-0.2, 0) is 0 Å². The Morgan fingerprint density at radius 3 is 0.754 bits per heavy atom. The highest BCUT2D eigenvalue weighted by molar-refractivity contribution is 4.61. The molecule has 0 heterocycles. The van der Waals surface area contributed by atoms with E-state index >= 15 is 0 Å². The van der Waals surface area contributed by atoms with Crippen molar-refractivity contribution in [3.8, 4) is 0 Å². The van der Waals surface area contributed by atoms with Gasteiger partial charge in [0.15, 0.2) is 0 Å². The summed E-state index contributed by atoms with van der Waals surface area (Å²) < 4.78 is 153. The molecule has 9 heteroatoms. The van der Waals surface area contributed by atoms with Gasteiger partial charge in [0, 0.05) is 28.4 Å². The Hall–Kier alpha value is -0.630. The lowest BCUT2D eigenvalue weighted by molar-refractivity contribution is -0.164. The van der Waals surface area contributed by atoms with Crippen molar-refractivity contribution >= 4 is 0 Å². The summed E-state index contributed by atoms with van der Waals surface area (Å²) in [7, 11) is 0. The fourth-order valence-electron chi connectivity index (χ4n) is 3.21. The molecule has 0 nitrogen and oxygen atoms in total. The van der Waals surface area contributed by atoms with E-state index in [1.807, 2.05) is 76.2 Å². The predicted octanol–water partition coefficient (Wildman–Crippen LogP) is 24.8. The van der Waals surface area contributed by atoms with Crippen LogP contribution >= 0.6 is 0 Å². The summed E-state index contributed by atoms with van der Waals surface area (Å²) in [6, 6.07) is 0. The van der Waals surface area contributed by atoms with E-state index < -0.39 is 50.0 Å². The molecule has 0 N–H and O–H groups in total. The Kier molecular flexibility index (Phi) is 64.8. The van der Waals surface area contributed by atoms with E-state index in [0.717, 1.165) is 45.4 Å². The molecule has 2 unspecified atom stereocenters. The van der Waals surface area contributed by atoms with Gasteiger partial charge in [0.1, 0.15) is 0 Å². The lowest BCUT2D eigenvalue weighted by Gasteiger charge is -2.15. The molecule has 0 aromatic carbocycles. The minimum Gasteiger partial charge on any atom is -0.171 e. The van der Waals surface area contributed by atoms with Crippen LogP contribution in [0.4, 0.5) is 39.5 Å². The van der Waals surface area contributed by atoms with Crippen LogP contribution in [0.2, 0.25) is 0 Å². The summed E-state index contributed by atoms with van der Waals surface area (Å²) >= 11 is 0. The summed E-state index contributed by atoms with van der Waals surface area (Å²) in [4.78, 5) is 0. The van der Waals surface area contributed by atoms with Crippen molar-refractivity contribution in [2.45, 2.75) is 320 Å². The fourth-order valence-corrected chi connectivity index (χ4v) is 3.21. The molecule has 0 aromatic rings. The zero-order chi connectivity index (χ0) is 60.8. The van der Waals surface area contributed by atoms with Gasteiger partial charge in [-0.15, -0.1) is 0 Å². The molecule has 0 amide bonds. The van der Waals surface area contributed by atoms with E-state index in [-0.39, 0.29) is 34.9 Å². The molecule has 0 aliphatic heterocycles. The number of rotatable bonds is 6. The van der Waals surface area contributed by atoms with Gasteiger partial charge < -0.3 is 0 Å². The lowest BCUT2D eigenvalue weighted by atomic mass is 9.91. The maximum atomic E-state index is 11.5. The quantitative estimate of drug-likeness (QED) is 0.233. The largest absolute Gasteiger partial charge is 0.391 e. The summed E-state index contributed by atoms with van der Waals surface area (Å²) in [5.41, 5.74) is -0.229. The molecule has 2 aliphatic rings. The van der Waals surface area contributed by atoms with Crippen LogP contribution in [0, 0.1) is 46.8 Å². The van der Waals surface area contributed by atoms with Crippen LogP contribution in [0.15, 0.2) is 0 Å². The van der Waals surface area contributed by atoms with Crippen LogP contribution in [0.5, 0.6) is 0 Å². The number of halogens is 9. The van der Waals surface area contributed by atoms with Gasteiger partial charge in [0.05, 0.1) is 0 Å². The Labute approximate surface area is 415 Å². The third-order valence-corrected chi connectivity index (χ3v) is 7.98. The first-order valence-corrected chi connectivity index (χ1v) is 25.3. The molecule has 2 rings (SSSR count). The van der Waals surface area contributed by atoms with Gasteiger partial charge in [-0.05, 0) is 40.9 Å². The molecule has 2 fully saturated rings. The van der Waals surface area contributed by atoms with E-state index in [9.17, 15) is 39.5 Å². The molecule has 2 aliphatic carbocycles. The average molecular weight is 975 g/mol. The molecule has 0 radical (unpaired) electrons. The van der Waals surface area contributed by atoms with Gasteiger partial charge in [0.25, 0.3) is 0 Å². The average Bonchev–Trinajstić information content (AvgIpc) is 3.57. The molecule has 0 saturated heterocycles. The first-order valence-electron chi connectivity index (χ1n) is 28.8. The van der Waals surface area contributed by atoms with E-state index in [1.165, 1.54) is 51.4 Å². The summed E-state index contributed by atoms with van der Waals surface area (Å²) in [6.45, 7) is 48.4. The third kappa shape index (κ3) is 154. The Bertz CT molecular complexity index is 987. The van der Waals surface area contributed by atoms with Crippen molar-refractivity contribution in [3.63, 3.8) is 0 Å². The Morgan fingerprint density at radius 2 is 0.692 bits per heavy atom. The minimum absolute atomic E-state index is 0.0556. The van der Waals surface area contributed by atoms with Gasteiger partial charge in [-0.25, -0.2) is 0 Å². The van der Waals surface area contributed by atoms with Gasteiger partial charge in [-0.3, -0.25) is 0 Å². The third-order valence-electron chi connectivity index (χ3n) is 7.98. The molecule has 65 heavy (non-hydrogen) atoms. The predicted molar refractivity (Wildman–Crippen MR) is 280 cm³/mol. The van der Waals surface area contributed by atoms with E-state index in [1.54, 1.807) is 41.5 Å². The van der Waals surface area contributed by atoms with Crippen LogP contribution < -0.4 is 0 Å². The van der Waals surface area contributed by atoms with Gasteiger partial charge in [-0.1, -0.05) is 289 Å². The topological polar surface area (TPSA) is 0 Å². The molecular weight excluding hydrogens is 844 g/mol. The minimum atomic E-state index is -4.00. The molecule has 0 bridgehead atoms. The number of hydrogen-bond donors (Lipinski definition) is 0. The van der Waals surface area contributed by atoms with Crippen LogP contribution in [0.25, 0.3) is 0 Å². The summed E-state index contributed by atoms with van der Waals surface area (Å²) in [5.74, 6) is -1.21. The second kappa shape index (κ2) is 61.4. The van der Waals surface area contributed by atoms with Gasteiger partial charge >= 0.3 is 18.5 Å². The molecule has 2 atom stereocenters. The molecular formula is C56H123F9. The molecule has 410 valence electrons. The van der Waals surface area contributed by atoms with Crippen LogP contribution in [-0.4, -0.2) is 18.5 Å². The monoisotopic (exact) mass is 974 g/mol. The molecule has 0 aromatic heterocycles. The maximum absolute atomic E-state index is 11.5. The van der Waals surface area contributed by atoms with Gasteiger partial charge in [0.2, 0.25) is 0 Å². The molecule has 0 spiro atoms. The van der Waals surface area contributed by atoms with E-state index in [0.29, 0.717) is 19.3 Å². The highest BCUT2D eigenvalue weighted by Gasteiger charge is 2.32. The zero-order valence-electron chi connectivity index (χ0n) is 55.2. The second-order valence-electron chi connectivity index (χ2n) is 19.2. The summed E-state index contributed by atoms with van der Waals surface area (Å²) in [5, 5.41) is 0. The Balaban J connectivity index is -0.0000000740. The first kappa shape index (κ1) is 68.6. The zero-order valence-corrected chi connectivity index (χ0v) is 48.2. The van der Waals surface area contributed by atoms with Gasteiger partial charge in [-0.2, -0.15) is 39.5 Å². The first-order chi connectivity index (χ1) is 31.6. The van der Waals surface area contributed by atoms with Crippen molar-refractivity contribution in [1.82, 2.24) is 0 Å². The van der Waals surface area contributed by atoms with Crippen molar-refractivity contribution in [2.75, 3.05) is 0 Å². The SMILES string of the molecule is CC.CC(C)C.CC(C)C(F)(F)F.CCC.CCC(C)CC(F)(F)F.CCC(C)CC(F)(F)F.CCCC.[2H]C(C)(C)C.[2H]C([2H])(C)C(C)(C)C.[2H]C([2H])(C)CC.[2H]C1(C)CCCC1.[2H]C1(C)CCCCC1. The fraction of sp³-hybridized carbons (Fsp3) is 1.00. The Morgan fingerprint density at radius 1 is 0.508 bits per heavy atom. The highest BCUT2D eigenvalue weighted by Crippen LogP contribution is 2.27. The van der Waals surface area contributed by atoms with Crippen molar-refractivity contribution in [2.24, 2.45) is 46.8 Å². The highest BCUT2D eigenvalue weighted by atomic mass is 19.4. The number of alkyl halides is 9. The lowest BCUT2D eigenvalue weighted by Crippen LogP contribution is -2.15. The normalized spacial score (nSPS) is 17.5. The van der Waals surface area contributed by atoms with E-state index in [2.05, 4.69) is 48.5 Å². The van der Waals surface area contributed by atoms with Crippen molar-refractivity contribution in [1.29, 1.82) is 0 Å². The molecule has 2 saturated carbocycles. The standard InChI is InChI=1S/C7H14.2C6H11F3.C6H12.C6H14.C4H7F3.4C4H10.C3H8.C2H6/c1-7-5-3-2-4-6-7;2*1-3-5(2)4-6(7,8)9;1-6-4-2-3-5-6;1-5-6(2,3)4;1-3(2)4(5,6)7;2*1-4(2)3;2*1-3-4-2;1-3-2;1-2/h7H,2-6H2,1H3;2*5H,3-4H2,1-2H3;6H,2-5H2,1H3;5H2,1-4H3;3H,1-2H3;2*4H,1-3H3;2*3-4H2,1-2H3;3H2,1-2H3;1-2H3/i7D;;;6D;5D2;;4D;;3D2;;;. The van der Waals surface area contributed by atoms with Crippen LogP contribution in [0.1, 0.15) is 312 Å². The maximum Gasteiger partial charge on any atom is 0.391 e. The number of unbranched alkanes of at least 4 members (excludes halogenated alkanes) is 1. The van der Waals surface area contributed by atoms with Crippen molar-refractivity contribution < 1.29 is 49.1 Å². The number of hydrogen-bond acceptors (Lipinski definition) is 0. The summed E-state index contributed by atoms with van der Waals surface area (Å²) in [6.07, 6.45) is 1.35. The smallest absolute Gasteiger partial charge is 0.171 e. The van der Waals surface area contributed by atoms with Crippen LogP contribution in [0.3, 0.4) is 0 Å². The van der Waals surface area contributed by atoms with E-state index in [4.69, 9.17) is 9.60 Å². The second-order valence-corrected chi connectivity index (χ2v) is 19.2. The van der Waals surface area contributed by atoms with Crippen molar-refractivity contribution in [3.05, 3.63) is 0 Å².